The number of hydrogen-bond donors (Lipinski definition) is 2. The van der Waals surface area contributed by atoms with Crippen molar-refractivity contribution in [3.63, 3.8) is 0 Å². The van der Waals surface area contributed by atoms with Crippen LogP contribution in [-0.2, 0) is 6.61 Å². The Morgan fingerprint density at radius 2 is 2.38 bits per heavy atom. The Morgan fingerprint density at radius 3 is 2.85 bits per heavy atom. The molecule has 1 unspecified atom stereocenters. The molecule has 0 saturated heterocycles. The highest BCUT2D eigenvalue weighted by Gasteiger charge is 2.47. The molecule has 0 amide bonds. The summed E-state index contributed by atoms with van der Waals surface area (Å²) >= 11 is 5.15. The van der Waals surface area contributed by atoms with Gasteiger partial charge in [0.2, 0.25) is 0 Å². The molecule has 4 heteroatoms. The molecule has 1 aliphatic rings. The third-order valence-corrected chi connectivity index (χ3v) is 3.14. The first-order valence-electron chi connectivity index (χ1n) is 4.46. The Labute approximate surface area is 82.4 Å². The number of aromatic nitrogens is 2. The first kappa shape index (κ1) is 8.97. The SMILES string of the molecule is CC1(C)CC1n1c(CO)c[nH]c1=S. The van der Waals surface area contributed by atoms with Gasteiger partial charge in [0.05, 0.1) is 12.3 Å². The normalized spacial score (nSPS) is 24.7. The fraction of sp³-hybridized carbons (Fsp3) is 0.667. The smallest absolute Gasteiger partial charge is 0.177 e. The van der Waals surface area contributed by atoms with Gasteiger partial charge in [-0.3, -0.25) is 0 Å². The van der Waals surface area contributed by atoms with Gasteiger partial charge in [-0.25, -0.2) is 0 Å². The van der Waals surface area contributed by atoms with Gasteiger partial charge in [-0.1, -0.05) is 13.8 Å². The lowest BCUT2D eigenvalue weighted by molar-refractivity contribution is 0.268. The summed E-state index contributed by atoms with van der Waals surface area (Å²) in [6, 6.07) is 0.466. The number of nitrogens with zero attached hydrogens (tertiary/aromatic N) is 1. The number of aliphatic hydroxyl groups excluding tert-OH is 1. The van der Waals surface area contributed by atoms with Crippen LogP contribution in [0.2, 0.25) is 0 Å². The molecule has 0 radical (unpaired) electrons. The predicted octanol–water partition coefficient (Wildman–Crippen LogP) is 2.01. The second-order valence-electron chi connectivity index (χ2n) is 4.32. The van der Waals surface area contributed by atoms with Crippen LogP contribution in [0.4, 0.5) is 0 Å². The summed E-state index contributed by atoms with van der Waals surface area (Å²) in [6.07, 6.45) is 2.93. The lowest BCUT2D eigenvalue weighted by atomic mass is 10.2. The topological polar surface area (TPSA) is 41.0 Å². The first-order valence-corrected chi connectivity index (χ1v) is 4.87. The van der Waals surface area contributed by atoms with E-state index in [1.807, 2.05) is 4.57 Å². The fourth-order valence-corrected chi connectivity index (χ4v) is 2.06. The molecule has 13 heavy (non-hydrogen) atoms. The molecule has 1 fully saturated rings. The average Bonchev–Trinajstić information content (AvgIpc) is 2.54. The molecule has 2 rings (SSSR count). The summed E-state index contributed by atoms with van der Waals surface area (Å²) in [6.45, 7) is 4.49. The maximum absolute atomic E-state index is 9.09. The van der Waals surface area contributed by atoms with Crippen LogP contribution in [0.15, 0.2) is 6.20 Å². The van der Waals surface area contributed by atoms with Gasteiger partial charge in [0.25, 0.3) is 0 Å². The highest BCUT2D eigenvalue weighted by atomic mass is 32.1. The largest absolute Gasteiger partial charge is 0.390 e. The van der Waals surface area contributed by atoms with Crippen LogP contribution < -0.4 is 0 Å². The molecular formula is C9H14N2OS. The van der Waals surface area contributed by atoms with E-state index in [0.29, 0.717) is 11.5 Å². The van der Waals surface area contributed by atoms with Crippen LogP contribution in [0.5, 0.6) is 0 Å². The van der Waals surface area contributed by atoms with Crippen LogP contribution in [0.3, 0.4) is 0 Å². The molecule has 3 nitrogen and oxygen atoms in total. The minimum atomic E-state index is 0.0553. The number of nitrogens with one attached hydrogen (secondary N) is 1. The minimum absolute atomic E-state index is 0.0553. The molecule has 0 bridgehead atoms. The summed E-state index contributed by atoms with van der Waals surface area (Å²) < 4.78 is 2.76. The van der Waals surface area contributed by atoms with Crippen molar-refractivity contribution >= 4 is 12.2 Å². The molecule has 1 aromatic heterocycles. The summed E-state index contributed by atoms with van der Waals surface area (Å²) in [5.41, 5.74) is 1.23. The Kier molecular flexibility index (Phi) is 1.85. The van der Waals surface area contributed by atoms with Crippen LogP contribution in [0.1, 0.15) is 32.0 Å². The van der Waals surface area contributed by atoms with Crippen molar-refractivity contribution in [2.24, 2.45) is 5.41 Å². The third-order valence-electron chi connectivity index (χ3n) is 2.83. The van der Waals surface area contributed by atoms with Crippen molar-refractivity contribution in [1.82, 2.24) is 9.55 Å². The highest BCUT2D eigenvalue weighted by molar-refractivity contribution is 7.71. The van der Waals surface area contributed by atoms with E-state index in [-0.39, 0.29) is 6.61 Å². The standard InChI is InChI=1S/C9H14N2OS/c1-9(2)3-7(9)11-6(5-12)4-10-8(11)13/h4,7,12H,3,5H2,1-2H3,(H,10,13). The average molecular weight is 198 g/mol. The molecule has 72 valence electrons. The number of rotatable bonds is 2. The molecule has 1 heterocycles. The maximum Gasteiger partial charge on any atom is 0.177 e. The van der Waals surface area contributed by atoms with Gasteiger partial charge in [-0.05, 0) is 24.1 Å². The van der Waals surface area contributed by atoms with E-state index in [4.69, 9.17) is 17.3 Å². The van der Waals surface area contributed by atoms with Gasteiger partial charge >= 0.3 is 0 Å². The van der Waals surface area contributed by atoms with Crippen molar-refractivity contribution in [3.8, 4) is 0 Å². The number of aromatic amines is 1. The molecule has 0 spiro atoms. The van der Waals surface area contributed by atoms with Gasteiger partial charge in [-0.15, -0.1) is 0 Å². The van der Waals surface area contributed by atoms with E-state index in [1.54, 1.807) is 6.20 Å². The maximum atomic E-state index is 9.09. The summed E-state index contributed by atoms with van der Waals surface area (Å²) in [5, 5.41) is 9.09. The predicted molar refractivity (Wildman–Crippen MR) is 53.0 cm³/mol. The molecular weight excluding hydrogens is 184 g/mol. The highest BCUT2D eigenvalue weighted by Crippen LogP contribution is 2.55. The molecule has 0 aliphatic heterocycles. The van der Waals surface area contributed by atoms with Gasteiger partial charge in [0.1, 0.15) is 0 Å². The molecule has 1 atom stereocenters. The van der Waals surface area contributed by atoms with Crippen LogP contribution in [-0.4, -0.2) is 14.7 Å². The van der Waals surface area contributed by atoms with E-state index in [9.17, 15) is 0 Å². The first-order chi connectivity index (χ1) is 6.06. The summed E-state index contributed by atoms with van der Waals surface area (Å²) in [5.74, 6) is 0. The molecule has 0 aromatic carbocycles. The number of imidazole rings is 1. The third kappa shape index (κ3) is 1.34. The van der Waals surface area contributed by atoms with E-state index >= 15 is 0 Å². The molecule has 2 N–H and O–H groups in total. The van der Waals surface area contributed by atoms with Crippen molar-refractivity contribution in [1.29, 1.82) is 0 Å². The number of aliphatic hydroxyl groups is 1. The second kappa shape index (κ2) is 2.69. The fourth-order valence-electron chi connectivity index (χ4n) is 1.76. The zero-order chi connectivity index (χ0) is 9.64. The lowest BCUT2D eigenvalue weighted by Crippen LogP contribution is -2.04. The van der Waals surface area contributed by atoms with E-state index in [2.05, 4.69) is 18.8 Å². The summed E-state index contributed by atoms with van der Waals surface area (Å²) in [4.78, 5) is 2.97. The zero-order valence-corrected chi connectivity index (χ0v) is 8.69. The van der Waals surface area contributed by atoms with Gasteiger partial charge < -0.3 is 14.7 Å². The van der Waals surface area contributed by atoms with Crippen LogP contribution >= 0.6 is 12.2 Å². The Morgan fingerprint density at radius 1 is 1.77 bits per heavy atom. The molecule has 1 saturated carbocycles. The Balaban J connectivity index is 2.40. The lowest BCUT2D eigenvalue weighted by Gasteiger charge is -2.07. The quantitative estimate of drug-likeness (QED) is 0.714. The van der Waals surface area contributed by atoms with Gasteiger partial charge in [-0.2, -0.15) is 0 Å². The minimum Gasteiger partial charge on any atom is -0.390 e. The second-order valence-corrected chi connectivity index (χ2v) is 4.71. The van der Waals surface area contributed by atoms with E-state index in [0.717, 1.165) is 16.9 Å². The molecule has 1 aromatic rings. The molecule has 1 aliphatic carbocycles. The number of H-pyrrole nitrogens is 1. The van der Waals surface area contributed by atoms with E-state index in [1.165, 1.54) is 0 Å². The van der Waals surface area contributed by atoms with Crippen molar-refractivity contribution in [2.75, 3.05) is 0 Å². The monoisotopic (exact) mass is 198 g/mol. The van der Waals surface area contributed by atoms with Gasteiger partial charge in [0, 0.05) is 12.2 Å². The van der Waals surface area contributed by atoms with Crippen molar-refractivity contribution in [3.05, 3.63) is 16.7 Å². The van der Waals surface area contributed by atoms with Crippen molar-refractivity contribution in [2.45, 2.75) is 32.9 Å². The number of hydrogen-bond acceptors (Lipinski definition) is 2. The zero-order valence-electron chi connectivity index (χ0n) is 7.87. The van der Waals surface area contributed by atoms with E-state index < -0.39 is 0 Å². The summed E-state index contributed by atoms with van der Waals surface area (Å²) in [7, 11) is 0. The van der Waals surface area contributed by atoms with Crippen molar-refractivity contribution < 1.29 is 5.11 Å². The van der Waals surface area contributed by atoms with Gasteiger partial charge in [0.15, 0.2) is 4.77 Å². The van der Waals surface area contributed by atoms with Crippen LogP contribution in [0.25, 0.3) is 0 Å². The Hall–Kier alpha value is -0.610. The van der Waals surface area contributed by atoms with Crippen LogP contribution in [0, 0.1) is 10.2 Å². The Bertz CT molecular complexity index is 377.